The van der Waals surface area contributed by atoms with Gasteiger partial charge in [0.25, 0.3) is 5.91 Å². The largest absolute Gasteiger partial charge is 0.490 e. The predicted octanol–water partition coefficient (Wildman–Crippen LogP) is 1.47. The number of carbonyl (C=O) groups is 2. The smallest absolute Gasteiger partial charge is 0.480 e. The van der Waals surface area contributed by atoms with Gasteiger partial charge in [0, 0.05) is 12.1 Å². The Kier molecular flexibility index (Phi) is 7.62. The van der Waals surface area contributed by atoms with Gasteiger partial charge in [-0.2, -0.15) is 18.2 Å². The minimum absolute atomic E-state index is 0.122. The Labute approximate surface area is 147 Å². The Morgan fingerprint density at radius 2 is 1.77 bits per heavy atom. The van der Waals surface area contributed by atoms with Crippen LogP contribution in [0.2, 0.25) is 0 Å². The average Bonchev–Trinajstić information content (AvgIpc) is 2.56. The van der Waals surface area contributed by atoms with E-state index in [1.165, 1.54) is 7.11 Å². The van der Waals surface area contributed by atoms with Crippen LogP contribution in [0.1, 0.15) is 36.0 Å². The number of ether oxygens (including phenoxy) is 2. The molecule has 1 aromatic rings. The fourth-order valence-corrected chi connectivity index (χ4v) is 2.21. The molecule has 1 saturated carbocycles. The van der Waals surface area contributed by atoms with Crippen molar-refractivity contribution < 1.29 is 37.3 Å². The number of halogens is 3. The van der Waals surface area contributed by atoms with E-state index < -0.39 is 18.1 Å². The zero-order valence-corrected chi connectivity index (χ0v) is 14.0. The summed E-state index contributed by atoms with van der Waals surface area (Å²) in [7, 11) is 1.44. The van der Waals surface area contributed by atoms with Crippen molar-refractivity contribution in [3.05, 3.63) is 17.7 Å². The van der Waals surface area contributed by atoms with E-state index in [0.29, 0.717) is 5.88 Å². The molecule has 0 spiro atoms. The Hall–Kier alpha value is -2.56. The van der Waals surface area contributed by atoms with Crippen molar-refractivity contribution in [3.8, 4) is 11.8 Å². The monoisotopic (exact) mass is 379 g/mol. The van der Waals surface area contributed by atoms with Crippen LogP contribution in [-0.4, -0.2) is 47.4 Å². The molecule has 1 aliphatic carbocycles. The molecule has 0 aliphatic heterocycles. The minimum atomic E-state index is -5.08. The topological polar surface area (TPSA) is 138 Å². The molecule has 0 saturated heterocycles. The molecule has 1 aliphatic rings. The number of hydrogen-bond acceptors (Lipinski definition) is 6. The van der Waals surface area contributed by atoms with E-state index in [-0.39, 0.29) is 23.6 Å². The summed E-state index contributed by atoms with van der Waals surface area (Å²) in [6.45, 7) is 0. The highest BCUT2D eigenvalue weighted by molar-refractivity contribution is 5.95. The summed E-state index contributed by atoms with van der Waals surface area (Å²) in [5, 5.41) is 7.12. The third-order valence-electron chi connectivity index (χ3n) is 3.54. The predicted molar refractivity (Wildman–Crippen MR) is 83.9 cm³/mol. The van der Waals surface area contributed by atoms with Crippen molar-refractivity contribution >= 4 is 11.9 Å². The SMILES string of the molecule is COc1nc(OC2CCC(N)CC2)ccc1C(N)=O.O=C(O)C(F)(F)F. The molecule has 1 heterocycles. The summed E-state index contributed by atoms with van der Waals surface area (Å²) < 4.78 is 42.6. The number of methoxy groups -OCH3 is 1. The zero-order chi connectivity index (χ0) is 19.9. The summed E-state index contributed by atoms with van der Waals surface area (Å²) in [5.41, 5.74) is 11.3. The summed E-state index contributed by atoms with van der Waals surface area (Å²) in [6.07, 6.45) is -1.20. The van der Waals surface area contributed by atoms with Crippen LogP contribution in [0.5, 0.6) is 11.8 Å². The van der Waals surface area contributed by atoms with Gasteiger partial charge in [0.15, 0.2) is 0 Å². The number of aromatic nitrogens is 1. The van der Waals surface area contributed by atoms with Gasteiger partial charge in [0.2, 0.25) is 11.8 Å². The number of carboxylic acids is 1. The van der Waals surface area contributed by atoms with E-state index in [4.69, 9.17) is 30.8 Å². The summed E-state index contributed by atoms with van der Waals surface area (Å²) in [4.78, 5) is 24.2. The maximum absolute atomic E-state index is 11.2. The third kappa shape index (κ3) is 6.75. The highest BCUT2D eigenvalue weighted by Crippen LogP contribution is 2.24. The van der Waals surface area contributed by atoms with Gasteiger partial charge in [-0.1, -0.05) is 0 Å². The third-order valence-corrected chi connectivity index (χ3v) is 3.54. The molecule has 0 unspecified atom stereocenters. The van der Waals surface area contributed by atoms with E-state index >= 15 is 0 Å². The fourth-order valence-electron chi connectivity index (χ4n) is 2.21. The van der Waals surface area contributed by atoms with E-state index in [1.807, 2.05) is 0 Å². The molecule has 0 aromatic carbocycles. The van der Waals surface area contributed by atoms with Gasteiger partial charge in [-0.15, -0.1) is 0 Å². The van der Waals surface area contributed by atoms with Gasteiger partial charge < -0.3 is 26.0 Å². The van der Waals surface area contributed by atoms with E-state index in [9.17, 15) is 18.0 Å². The van der Waals surface area contributed by atoms with E-state index in [2.05, 4.69) is 4.98 Å². The van der Waals surface area contributed by atoms with Gasteiger partial charge >= 0.3 is 12.1 Å². The second kappa shape index (κ2) is 9.22. The number of alkyl halides is 3. The van der Waals surface area contributed by atoms with Crippen LogP contribution in [0.3, 0.4) is 0 Å². The Morgan fingerprint density at radius 1 is 1.23 bits per heavy atom. The maximum Gasteiger partial charge on any atom is 0.490 e. The molecule has 0 atom stereocenters. The summed E-state index contributed by atoms with van der Waals surface area (Å²) in [6, 6.07) is 3.48. The van der Waals surface area contributed by atoms with Gasteiger partial charge in [-0.05, 0) is 31.7 Å². The Morgan fingerprint density at radius 3 is 2.19 bits per heavy atom. The Balaban J connectivity index is 0.000000412. The molecule has 146 valence electrons. The number of rotatable bonds is 4. The van der Waals surface area contributed by atoms with E-state index in [0.717, 1.165) is 25.7 Å². The first kappa shape index (κ1) is 21.5. The second-order valence-corrected chi connectivity index (χ2v) is 5.53. The van der Waals surface area contributed by atoms with Crippen molar-refractivity contribution in [1.82, 2.24) is 4.98 Å². The molecule has 1 fully saturated rings. The first-order valence-corrected chi connectivity index (χ1v) is 7.61. The molecule has 5 N–H and O–H groups in total. The number of nitrogens with two attached hydrogens (primary N) is 2. The van der Waals surface area contributed by atoms with Crippen LogP contribution in [-0.2, 0) is 4.79 Å². The lowest BCUT2D eigenvalue weighted by Gasteiger charge is -2.26. The first-order chi connectivity index (χ1) is 12.0. The number of primary amides is 1. The lowest BCUT2D eigenvalue weighted by atomic mass is 9.94. The number of carboxylic acid groups (broad SMARTS) is 1. The van der Waals surface area contributed by atoms with Gasteiger partial charge in [0.1, 0.15) is 11.7 Å². The number of carbonyl (C=O) groups excluding carboxylic acids is 1. The molecular formula is C15H20F3N3O5. The number of aliphatic carboxylic acids is 1. The molecule has 0 bridgehead atoms. The number of nitrogens with zero attached hydrogens (tertiary/aromatic N) is 1. The molecule has 26 heavy (non-hydrogen) atoms. The molecule has 2 rings (SSSR count). The zero-order valence-electron chi connectivity index (χ0n) is 14.0. The fraction of sp³-hybridized carbons (Fsp3) is 0.533. The second-order valence-electron chi connectivity index (χ2n) is 5.53. The molecular weight excluding hydrogens is 359 g/mol. The van der Waals surface area contributed by atoms with Crippen molar-refractivity contribution in [1.29, 1.82) is 0 Å². The van der Waals surface area contributed by atoms with Crippen LogP contribution in [0.25, 0.3) is 0 Å². The van der Waals surface area contributed by atoms with Crippen LogP contribution in [0, 0.1) is 0 Å². The standard InChI is InChI=1S/C13H19N3O3.C2HF3O2/c1-18-13-10(12(15)17)6-7-11(16-13)19-9-4-2-8(14)3-5-9;3-2(4,5)1(6)7/h6-9H,2-5,14H2,1H3,(H2,15,17);(H,6,7). The Bertz CT molecular complexity index is 631. The van der Waals surface area contributed by atoms with Crippen LogP contribution >= 0.6 is 0 Å². The molecule has 8 nitrogen and oxygen atoms in total. The maximum atomic E-state index is 11.2. The normalized spacial score (nSPS) is 19.7. The van der Waals surface area contributed by atoms with E-state index in [1.54, 1.807) is 12.1 Å². The highest BCUT2D eigenvalue weighted by atomic mass is 19.4. The number of amides is 1. The summed E-state index contributed by atoms with van der Waals surface area (Å²) >= 11 is 0. The number of pyridine rings is 1. The lowest BCUT2D eigenvalue weighted by Crippen LogP contribution is -2.31. The van der Waals surface area contributed by atoms with Crippen molar-refractivity contribution in [2.45, 2.75) is 44.0 Å². The van der Waals surface area contributed by atoms with Crippen molar-refractivity contribution in [2.75, 3.05) is 7.11 Å². The summed E-state index contributed by atoms with van der Waals surface area (Å²) in [5.74, 6) is -2.69. The lowest BCUT2D eigenvalue weighted by molar-refractivity contribution is -0.192. The van der Waals surface area contributed by atoms with Crippen LogP contribution in [0.4, 0.5) is 13.2 Å². The quantitative estimate of drug-likeness (QED) is 0.720. The van der Waals surface area contributed by atoms with Gasteiger partial charge in [-0.3, -0.25) is 4.79 Å². The number of hydrogen-bond donors (Lipinski definition) is 3. The highest BCUT2D eigenvalue weighted by Gasteiger charge is 2.38. The molecule has 1 amide bonds. The first-order valence-electron chi connectivity index (χ1n) is 7.61. The van der Waals surface area contributed by atoms with Gasteiger partial charge in [0.05, 0.1) is 7.11 Å². The van der Waals surface area contributed by atoms with Crippen LogP contribution < -0.4 is 20.9 Å². The van der Waals surface area contributed by atoms with Crippen molar-refractivity contribution in [3.63, 3.8) is 0 Å². The molecule has 11 heteroatoms. The average molecular weight is 379 g/mol. The van der Waals surface area contributed by atoms with Gasteiger partial charge in [-0.25, -0.2) is 4.79 Å². The molecule has 0 radical (unpaired) electrons. The molecule has 1 aromatic heterocycles. The minimum Gasteiger partial charge on any atom is -0.480 e. The van der Waals surface area contributed by atoms with Crippen molar-refractivity contribution in [2.24, 2.45) is 11.5 Å². The van der Waals surface area contributed by atoms with Crippen LogP contribution in [0.15, 0.2) is 12.1 Å².